The van der Waals surface area contributed by atoms with E-state index in [0.717, 1.165) is 44.9 Å². The van der Waals surface area contributed by atoms with Gasteiger partial charge in [-0.3, -0.25) is 14.1 Å². The summed E-state index contributed by atoms with van der Waals surface area (Å²) in [5, 5.41) is 31.2. The molecular weight excluding hydrogens is 723 g/mol. The molecule has 0 amide bonds. The maximum Gasteiger partial charge on any atom is 0.469 e. The lowest BCUT2D eigenvalue weighted by Crippen LogP contribution is -2.29. The topological polar surface area (TPSA) is 180 Å². The van der Waals surface area contributed by atoms with Gasteiger partial charge in [-0.05, 0) is 63.7 Å². The molecule has 1 rings (SSSR count). The van der Waals surface area contributed by atoms with E-state index >= 15 is 0 Å². The molecule has 1 aliphatic carbocycles. The minimum absolute atomic E-state index is 0.0178. The van der Waals surface area contributed by atoms with Gasteiger partial charge in [0, 0.05) is 18.8 Å². The van der Waals surface area contributed by atoms with E-state index in [-0.39, 0.29) is 31.1 Å². The fraction of sp³-hybridized carbons (Fsp3) is 0.628. The summed E-state index contributed by atoms with van der Waals surface area (Å²) in [6, 6.07) is 0. The van der Waals surface area contributed by atoms with Crippen LogP contribution in [0.4, 0.5) is 0 Å². The van der Waals surface area contributed by atoms with Crippen LogP contribution in [0.2, 0.25) is 0 Å². The highest BCUT2D eigenvalue weighted by Crippen LogP contribution is 2.37. The maximum atomic E-state index is 12.4. The van der Waals surface area contributed by atoms with Crippen molar-refractivity contribution in [2.24, 2.45) is 11.8 Å². The number of aliphatic hydroxyl groups is 3. The molecule has 0 aromatic carbocycles. The van der Waals surface area contributed by atoms with E-state index in [9.17, 15) is 29.5 Å². The van der Waals surface area contributed by atoms with Gasteiger partial charge in [-0.15, -0.1) is 0 Å². The first kappa shape index (κ1) is 50.1. The highest BCUT2D eigenvalue weighted by Gasteiger charge is 2.39. The number of ether oxygens (including phenoxy) is 2. The summed E-state index contributed by atoms with van der Waals surface area (Å²) in [6.45, 7) is 3.18. The van der Waals surface area contributed by atoms with Gasteiger partial charge in [-0.1, -0.05) is 131 Å². The predicted octanol–water partition coefficient (Wildman–Crippen LogP) is 8.44. The fourth-order valence-corrected chi connectivity index (χ4v) is 6.28. The van der Waals surface area contributed by atoms with Crippen molar-refractivity contribution < 1.29 is 53.3 Å². The average molecular weight is 793 g/mol. The van der Waals surface area contributed by atoms with Gasteiger partial charge in [0.05, 0.1) is 31.3 Å². The van der Waals surface area contributed by atoms with Crippen molar-refractivity contribution in [2.45, 2.75) is 147 Å². The Morgan fingerprint density at radius 1 is 0.727 bits per heavy atom. The van der Waals surface area contributed by atoms with Crippen LogP contribution in [-0.2, 0) is 28.2 Å². The number of carbonyl (C=O) groups is 2. The Morgan fingerprint density at radius 2 is 1.31 bits per heavy atom. The van der Waals surface area contributed by atoms with Crippen LogP contribution in [0.15, 0.2) is 85.1 Å². The van der Waals surface area contributed by atoms with E-state index in [1.807, 2.05) is 18.2 Å². The van der Waals surface area contributed by atoms with Crippen molar-refractivity contribution in [3.05, 3.63) is 85.1 Å². The van der Waals surface area contributed by atoms with Crippen molar-refractivity contribution in [3.8, 4) is 0 Å². The first-order valence-electron chi connectivity index (χ1n) is 20.1. The molecular formula is C43H69O11P. The third-order valence-corrected chi connectivity index (χ3v) is 9.49. The van der Waals surface area contributed by atoms with E-state index in [4.69, 9.17) is 19.3 Å². The second-order valence-electron chi connectivity index (χ2n) is 13.9. The van der Waals surface area contributed by atoms with Gasteiger partial charge in [0.1, 0.15) is 6.61 Å². The molecule has 1 saturated carbocycles. The number of hydrogen-bond donors (Lipinski definition) is 5. The molecule has 0 aromatic rings. The van der Waals surface area contributed by atoms with Gasteiger partial charge < -0.3 is 34.6 Å². The van der Waals surface area contributed by atoms with Gasteiger partial charge in [0.25, 0.3) is 0 Å². The van der Waals surface area contributed by atoms with E-state index < -0.39 is 57.4 Å². The smallest absolute Gasteiger partial charge is 0.461 e. The molecule has 0 spiro atoms. The number of unbranched alkanes of at least 4 members (excludes halogenated alkanes) is 5. The van der Waals surface area contributed by atoms with E-state index in [1.165, 1.54) is 19.3 Å². The molecule has 11 nitrogen and oxygen atoms in total. The summed E-state index contributed by atoms with van der Waals surface area (Å²) in [7, 11) is -4.86. The Balaban J connectivity index is 2.41. The van der Waals surface area contributed by atoms with Crippen molar-refractivity contribution in [3.63, 3.8) is 0 Å². The predicted molar refractivity (Wildman–Crippen MR) is 218 cm³/mol. The number of phosphoric ester groups is 1. The zero-order valence-corrected chi connectivity index (χ0v) is 34.0. The first-order valence-corrected chi connectivity index (χ1v) is 21.7. The molecule has 55 heavy (non-hydrogen) atoms. The molecule has 0 radical (unpaired) electrons. The fourth-order valence-electron chi connectivity index (χ4n) is 5.91. The number of rotatable bonds is 31. The largest absolute Gasteiger partial charge is 0.469 e. The number of phosphoric acid groups is 1. The van der Waals surface area contributed by atoms with Crippen LogP contribution < -0.4 is 0 Å². The number of esters is 2. The summed E-state index contributed by atoms with van der Waals surface area (Å²) in [5.41, 5.74) is 0. The molecule has 0 aliphatic heterocycles. The molecule has 312 valence electrons. The normalized spacial score (nSPS) is 20.8. The molecule has 0 aromatic heterocycles. The van der Waals surface area contributed by atoms with Crippen molar-refractivity contribution in [1.82, 2.24) is 0 Å². The molecule has 0 unspecified atom stereocenters. The molecule has 1 fully saturated rings. The van der Waals surface area contributed by atoms with E-state index in [0.29, 0.717) is 25.7 Å². The zero-order valence-electron chi connectivity index (χ0n) is 33.1. The molecule has 12 heteroatoms. The SMILES string of the molecule is CCCCC/C=C\C/C=C\C/C=C\C/C=C\C/C=C\CCC(=O)O[C@H](COC(=O)C/C=C\C[C@H]1[C@@H](/C=C/[C@H](O)CCCCC)[C@H](O)C[C@@H]1O)COP(=O)(O)O. The quantitative estimate of drug-likeness (QED) is 0.0197. The van der Waals surface area contributed by atoms with Gasteiger partial charge in [0.2, 0.25) is 0 Å². The standard InChI is InChI=1S/C43H69O11P/c1-3-5-7-8-9-10-11-12-13-14-15-16-17-18-19-20-21-22-24-30-43(48)54-37(35-53-55(49,50)51)34-52-42(47)29-26-25-28-38-39(41(46)33-40(38)45)32-31-36(44)27-23-6-4-2/h9-10,12-13,15-16,18-19,21-22,25-26,31-32,36-41,44-46H,3-8,11,14,17,20,23-24,27-30,33-35H2,1-2H3,(H2,49,50,51)/b10-9-,13-12-,16-15-,19-18-,22-21-,26-25-,32-31+/t36-,37-,38+,39-,40+,41-/m1/s1. The number of carbonyl (C=O) groups excluding carboxylic acids is 2. The van der Waals surface area contributed by atoms with Crippen molar-refractivity contribution in [2.75, 3.05) is 13.2 Å². The minimum Gasteiger partial charge on any atom is -0.461 e. The Kier molecular flexibility index (Phi) is 29.4. The first-order chi connectivity index (χ1) is 26.5. The Morgan fingerprint density at radius 3 is 1.91 bits per heavy atom. The van der Waals surface area contributed by atoms with Crippen LogP contribution in [0.25, 0.3) is 0 Å². The lowest BCUT2D eigenvalue weighted by Gasteiger charge is -2.19. The van der Waals surface area contributed by atoms with Gasteiger partial charge in [-0.25, -0.2) is 4.57 Å². The van der Waals surface area contributed by atoms with E-state index in [1.54, 1.807) is 24.3 Å². The van der Waals surface area contributed by atoms with E-state index in [2.05, 4.69) is 60.9 Å². The summed E-state index contributed by atoms with van der Waals surface area (Å²) in [5.74, 6) is -1.92. The summed E-state index contributed by atoms with van der Waals surface area (Å²) >= 11 is 0. The molecule has 6 atom stereocenters. The van der Waals surface area contributed by atoms with Crippen LogP contribution in [0.1, 0.15) is 123 Å². The van der Waals surface area contributed by atoms with Crippen LogP contribution in [-0.4, -0.2) is 74.7 Å². The minimum atomic E-state index is -4.86. The molecule has 0 bridgehead atoms. The molecule has 0 heterocycles. The third-order valence-electron chi connectivity index (χ3n) is 9.00. The molecule has 1 aliphatic rings. The second-order valence-corrected chi connectivity index (χ2v) is 15.1. The van der Waals surface area contributed by atoms with Crippen LogP contribution in [0.5, 0.6) is 0 Å². The lowest BCUT2D eigenvalue weighted by atomic mass is 9.89. The lowest BCUT2D eigenvalue weighted by molar-refractivity contribution is -0.160. The molecule has 0 saturated heterocycles. The Hall–Kier alpha value is -2.89. The average Bonchev–Trinajstić information content (AvgIpc) is 3.41. The van der Waals surface area contributed by atoms with Crippen LogP contribution in [0.3, 0.4) is 0 Å². The summed E-state index contributed by atoms with van der Waals surface area (Å²) < 4.78 is 26.2. The Bertz CT molecular complexity index is 1280. The Labute approximate surface area is 329 Å². The third kappa shape index (κ3) is 28.2. The van der Waals surface area contributed by atoms with Gasteiger partial charge >= 0.3 is 19.8 Å². The zero-order chi connectivity index (χ0) is 40.6. The van der Waals surface area contributed by atoms with Gasteiger partial charge in [-0.2, -0.15) is 0 Å². The monoisotopic (exact) mass is 792 g/mol. The number of aliphatic hydroxyl groups excluding tert-OH is 3. The highest BCUT2D eigenvalue weighted by molar-refractivity contribution is 7.46. The van der Waals surface area contributed by atoms with Crippen molar-refractivity contribution >= 4 is 19.8 Å². The van der Waals surface area contributed by atoms with Crippen LogP contribution in [0, 0.1) is 11.8 Å². The summed E-state index contributed by atoms with van der Waals surface area (Å²) in [4.78, 5) is 43.0. The number of allylic oxidation sites excluding steroid dienone is 11. The van der Waals surface area contributed by atoms with Crippen LogP contribution >= 0.6 is 7.82 Å². The second kappa shape index (κ2) is 32.2. The maximum absolute atomic E-state index is 12.4. The number of hydrogen-bond acceptors (Lipinski definition) is 9. The van der Waals surface area contributed by atoms with Crippen molar-refractivity contribution in [1.29, 1.82) is 0 Å². The molecule has 5 N–H and O–H groups in total. The van der Waals surface area contributed by atoms with Gasteiger partial charge in [0.15, 0.2) is 6.10 Å². The highest BCUT2D eigenvalue weighted by atomic mass is 31.2. The summed E-state index contributed by atoms with van der Waals surface area (Å²) in [6.07, 6.45) is 37.3.